The summed E-state index contributed by atoms with van der Waals surface area (Å²) in [5.74, 6) is 14.5. The van der Waals surface area contributed by atoms with Crippen molar-refractivity contribution in [2.75, 3.05) is 0 Å². The number of fused-ring (bicyclic) bond motifs is 9. The molecule has 15 unspecified atom stereocenters. The van der Waals surface area contributed by atoms with Crippen LogP contribution in [0.2, 0.25) is 0 Å². The Morgan fingerprint density at radius 3 is 0.846 bits per heavy atom. The van der Waals surface area contributed by atoms with Crippen LogP contribution in [-0.2, 0) is 0 Å². The van der Waals surface area contributed by atoms with Crippen LogP contribution in [0.25, 0.3) is 0 Å². The molecule has 0 bridgehead atoms. The van der Waals surface area contributed by atoms with Gasteiger partial charge in [-0.15, -0.1) is 0 Å². The summed E-state index contributed by atoms with van der Waals surface area (Å²) in [6.45, 7) is 16.6. The zero-order valence-electron chi connectivity index (χ0n) is 44.0. The molecule has 2 heteroatoms. The molecule has 12 aliphatic carbocycles. The van der Waals surface area contributed by atoms with Crippen molar-refractivity contribution in [3.8, 4) is 0 Å². The van der Waals surface area contributed by atoms with E-state index in [0.29, 0.717) is 16.2 Å². The highest BCUT2D eigenvalue weighted by Crippen LogP contribution is 2.67. The van der Waals surface area contributed by atoms with Crippen LogP contribution < -0.4 is 0 Å². The van der Waals surface area contributed by atoms with Crippen molar-refractivity contribution in [1.82, 2.24) is 9.80 Å². The highest BCUT2D eigenvalue weighted by atomic mass is 15.2. The van der Waals surface area contributed by atoms with Gasteiger partial charge in [-0.3, -0.25) is 9.80 Å². The van der Waals surface area contributed by atoms with Gasteiger partial charge in [-0.2, -0.15) is 0 Å². The van der Waals surface area contributed by atoms with E-state index in [9.17, 15) is 0 Å². The molecule has 12 aliphatic rings. The molecule has 0 aromatic rings. The van der Waals surface area contributed by atoms with Crippen molar-refractivity contribution >= 4 is 0 Å². The van der Waals surface area contributed by atoms with Gasteiger partial charge in [0.15, 0.2) is 0 Å². The van der Waals surface area contributed by atoms with Gasteiger partial charge >= 0.3 is 0 Å². The summed E-state index contributed by atoms with van der Waals surface area (Å²) in [6.07, 6.45) is 52.5. The van der Waals surface area contributed by atoms with Gasteiger partial charge < -0.3 is 0 Å². The third-order valence-electron chi connectivity index (χ3n) is 26.7. The number of rotatable bonds is 7. The predicted molar refractivity (Wildman–Crippen MR) is 274 cm³/mol. The van der Waals surface area contributed by atoms with Gasteiger partial charge in [0.05, 0.1) is 0 Å². The van der Waals surface area contributed by atoms with E-state index in [1.54, 1.807) is 135 Å². The van der Waals surface area contributed by atoms with Gasteiger partial charge in [-0.1, -0.05) is 99.3 Å². The van der Waals surface area contributed by atoms with Gasteiger partial charge in [0, 0.05) is 36.3 Å². The highest BCUT2D eigenvalue weighted by molar-refractivity contribution is 5.11. The number of hydrogen-bond acceptors (Lipinski definition) is 2. The maximum absolute atomic E-state index is 3.45. The molecule has 0 amide bonds. The van der Waals surface area contributed by atoms with Crippen molar-refractivity contribution in [3.63, 3.8) is 0 Å². The van der Waals surface area contributed by atoms with Crippen LogP contribution in [0.3, 0.4) is 0 Å². The van der Waals surface area contributed by atoms with Crippen LogP contribution in [0.5, 0.6) is 0 Å². The second-order valence-corrected chi connectivity index (χ2v) is 29.7. The lowest BCUT2D eigenvalue weighted by molar-refractivity contribution is -0.0418. The largest absolute Gasteiger partial charge is 0.294 e. The molecule has 12 fully saturated rings. The van der Waals surface area contributed by atoms with Crippen LogP contribution in [0, 0.1) is 99.1 Å². The van der Waals surface area contributed by atoms with E-state index < -0.39 is 0 Å². The Hall–Kier alpha value is -0.0800. The maximum atomic E-state index is 3.45. The summed E-state index contributed by atoms with van der Waals surface area (Å²) >= 11 is 0. The van der Waals surface area contributed by atoms with Crippen LogP contribution in [-0.4, -0.2) is 46.1 Å². The smallest absolute Gasteiger partial charge is 0.0104 e. The van der Waals surface area contributed by atoms with Crippen molar-refractivity contribution in [2.24, 2.45) is 99.1 Å². The molecular formula is C63H106N2. The molecule has 368 valence electrons. The number of hydrogen-bond donors (Lipinski definition) is 0. The van der Waals surface area contributed by atoms with Crippen molar-refractivity contribution < 1.29 is 0 Å². The summed E-state index contributed by atoms with van der Waals surface area (Å²) in [7, 11) is 0. The standard InChI is InChI=1S/C63H106N2/c1-61(2)55-21-13-10-18-49(55)52-35-32-46(38-58(52)61)64(43-16-8-7-9-17-43)44-28-24-41(25-29-44)42-26-30-45(31-27-42)65(47-33-36-53-50-19-11-14-22-56(50)62(3,4)59(53)39-47)48-34-37-54-51-20-12-15-23-57(51)63(5,6)60(54)40-48/h41-60H,7-40H2,1-6H3. The average molecular weight is 892 g/mol. The van der Waals surface area contributed by atoms with E-state index in [2.05, 4.69) is 51.3 Å². The molecule has 0 aromatic carbocycles. The fraction of sp³-hybridized carbons (Fsp3) is 1.00. The van der Waals surface area contributed by atoms with Gasteiger partial charge in [0.25, 0.3) is 0 Å². The quantitative estimate of drug-likeness (QED) is 0.251. The predicted octanol–water partition coefficient (Wildman–Crippen LogP) is 16.9. The Morgan fingerprint density at radius 1 is 0.231 bits per heavy atom. The second-order valence-electron chi connectivity index (χ2n) is 29.7. The normalized spacial score (nSPS) is 50.5. The lowest BCUT2D eigenvalue weighted by Crippen LogP contribution is -2.56. The minimum absolute atomic E-state index is 0.564. The van der Waals surface area contributed by atoms with E-state index >= 15 is 0 Å². The van der Waals surface area contributed by atoms with Gasteiger partial charge in [0.2, 0.25) is 0 Å². The third kappa shape index (κ3) is 7.92. The van der Waals surface area contributed by atoms with E-state index in [1.165, 1.54) is 83.5 Å². The molecule has 2 nitrogen and oxygen atoms in total. The highest BCUT2D eigenvalue weighted by Gasteiger charge is 2.61. The zero-order chi connectivity index (χ0) is 44.2. The maximum Gasteiger partial charge on any atom is 0.0104 e. The fourth-order valence-corrected chi connectivity index (χ4v) is 24.0. The summed E-state index contributed by atoms with van der Waals surface area (Å²) in [5.41, 5.74) is 1.71. The first-order valence-electron chi connectivity index (χ1n) is 31.0. The van der Waals surface area contributed by atoms with E-state index in [-0.39, 0.29) is 0 Å². The first kappa shape index (κ1) is 46.0. The van der Waals surface area contributed by atoms with Crippen LogP contribution >= 0.6 is 0 Å². The summed E-state index contributed by atoms with van der Waals surface area (Å²) < 4.78 is 0. The monoisotopic (exact) mass is 891 g/mol. The molecule has 15 atom stereocenters. The SMILES string of the molecule is CC1(C)C2CCCCC2C2CCC(N(C3CCCCC3)C3CCC(C4CCC(N(C5CCC6C7CCCCC7C(C)(C)C6C5)C5CCC6C7CCCCC7C(C)(C)C6C5)CC4)CC3)CC21. The summed E-state index contributed by atoms with van der Waals surface area (Å²) in [5, 5.41) is 0. The van der Waals surface area contributed by atoms with Crippen LogP contribution in [0.4, 0.5) is 0 Å². The van der Waals surface area contributed by atoms with Crippen molar-refractivity contribution in [3.05, 3.63) is 0 Å². The molecule has 0 heterocycles. The first-order chi connectivity index (χ1) is 31.5. The number of nitrogens with zero attached hydrogens (tertiary/aromatic N) is 2. The van der Waals surface area contributed by atoms with Gasteiger partial charge in [-0.05, 0) is 260 Å². The summed E-state index contributed by atoms with van der Waals surface area (Å²) in [6, 6.07) is 5.32. The lowest BCUT2D eigenvalue weighted by Gasteiger charge is -2.54. The average Bonchev–Trinajstić information content (AvgIpc) is 3.82. The molecule has 0 spiro atoms. The van der Waals surface area contributed by atoms with Crippen LogP contribution in [0.15, 0.2) is 0 Å². The molecular weight excluding hydrogens is 785 g/mol. The molecule has 0 aliphatic heterocycles. The Bertz CT molecular complexity index is 1550. The Kier molecular flexibility index (Phi) is 12.9. The van der Waals surface area contributed by atoms with E-state index in [4.69, 9.17) is 0 Å². The molecule has 0 radical (unpaired) electrons. The third-order valence-corrected chi connectivity index (χ3v) is 26.7. The van der Waals surface area contributed by atoms with Gasteiger partial charge in [0.1, 0.15) is 0 Å². The van der Waals surface area contributed by atoms with E-state index in [1.807, 2.05) is 0 Å². The molecule has 12 rings (SSSR count). The second kappa shape index (κ2) is 18.2. The van der Waals surface area contributed by atoms with Gasteiger partial charge in [-0.25, -0.2) is 0 Å². The molecule has 0 saturated heterocycles. The summed E-state index contributed by atoms with van der Waals surface area (Å²) in [4.78, 5) is 6.80. The molecule has 0 aromatic heterocycles. The van der Waals surface area contributed by atoms with E-state index in [0.717, 1.165) is 119 Å². The topological polar surface area (TPSA) is 6.48 Å². The molecule has 0 N–H and O–H groups in total. The molecule has 12 saturated carbocycles. The zero-order valence-corrected chi connectivity index (χ0v) is 44.0. The van der Waals surface area contributed by atoms with Crippen LogP contribution in [0.1, 0.15) is 260 Å². The molecule has 65 heavy (non-hydrogen) atoms. The minimum Gasteiger partial charge on any atom is -0.294 e. The Labute approximate surface area is 403 Å². The first-order valence-corrected chi connectivity index (χ1v) is 31.0. The Balaban J connectivity index is 0.728. The minimum atomic E-state index is 0.564. The Morgan fingerprint density at radius 2 is 0.492 bits per heavy atom. The van der Waals surface area contributed by atoms with Crippen molar-refractivity contribution in [2.45, 2.75) is 296 Å². The lowest BCUT2D eigenvalue weighted by atomic mass is 9.65. The fourth-order valence-electron chi connectivity index (χ4n) is 24.0. The van der Waals surface area contributed by atoms with Crippen molar-refractivity contribution in [1.29, 1.82) is 0 Å².